The van der Waals surface area contributed by atoms with E-state index < -0.39 is 0 Å². The van der Waals surface area contributed by atoms with Gasteiger partial charge in [-0.3, -0.25) is 4.79 Å². The Balaban J connectivity index is 2.04. The summed E-state index contributed by atoms with van der Waals surface area (Å²) in [4.78, 5) is 15.0. The van der Waals surface area contributed by atoms with E-state index in [1.807, 2.05) is 30.3 Å². The lowest BCUT2D eigenvalue weighted by Gasteiger charge is -2.09. The van der Waals surface area contributed by atoms with E-state index in [-0.39, 0.29) is 10.9 Å². The predicted molar refractivity (Wildman–Crippen MR) is 70.4 cm³/mol. The van der Waals surface area contributed by atoms with Crippen molar-refractivity contribution in [1.82, 2.24) is 4.98 Å². The van der Waals surface area contributed by atoms with Crippen molar-refractivity contribution in [2.45, 2.75) is 10.3 Å². The highest BCUT2D eigenvalue weighted by Crippen LogP contribution is 2.45. The van der Waals surface area contributed by atoms with E-state index >= 15 is 0 Å². The van der Waals surface area contributed by atoms with Gasteiger partial charge in [0.2, 0.25) is 0 Å². The average molecular weight is 255 g/mol. The Morgan fingerprint density at radius 2 is 2.06 bits per heavy atom. The molecule has 18 heavy (non-hydrogen) atoms. The van der Waals surface area contributed by atoms with Gasteiger partial charge in [0, 0.05) is 6.20 Å². The molecule has 0 saturated carbocycles. The van der Waals surface area contributed by atoms with Crippen LogP contribution in [0.2, 0.25) is 0 Å². The molecule has 5 heteroatoms. The number of aromatic nitrogens is 1. The molecule has 1 unspecified atom stereocenters. The molecule has 0 bridgehead atoms. The molecule has 1 aromatic heterocycles. The van der Waals surface area contributed by atoms with Crippen LogP contribution in [-0.2, 0) is 0 Å². The summed E-state index contributed by atoms with van der Waals surface area (Å²) in [6.45, 7) is 0. The average Bonchev–Trinajstić information content (AvgIpc) is 2.86. The number of thioether (sulfide) groups is 1. The molecule has 3 rings (SSSR count). The molecule has 1 atom stereocenters. The monoisotopic (exact) mass is 255 g/mol. The fourth-order valence-electron chi connectivity index (χ4n) is 1.91. The van der Waals surface area contributed by atoms with Gasteiger partial charge in [-0.25, -0.2) is 0 Å². The van der Waals surface area contributed by atoms with Gasteiger partial charge in [-0.15, -0.1) is 0 Å². The second-order valence-corrected chi connectivity index (χ2v) is 5.02. The Morgan fingerprint density at radius 1 is 1.28 bits per heavy atom. The Morgan fingerprint density at radius 3 is 2.78 bits per heavy atom. The first-order valence-electron chi connectivity index (χ1n) is 5.43. The summed E-state index contributed by atoms with van der Waals surface area (Å²) < 4.78 is 0. The summed E-state index contributed by atoms with van der Waals surface area (Å²) >= 11 is 1.50. The van der Waals surface area contributed by atoms with Crippen LogP contribution >= 0.6 is 11.8 Å². The quantitative estimate of drug-likeness (QED) is 0.821. The molecule has 0 saturated heterocycles. The van der Waals surface area contributed by atoms with Crippen molar-refractivity contribution in [2.75, 3.05) is 5.32 Å². The molecule has 0 amide bonds. The molecule has 0 aliphatic carbocycles. The lowest BCUT2D eigenvalue weighted by Crippen LogP contribution is -2.12. The van der Waals surface area contributed by atoms with E-state index in [1.54, 1.807) is 0 Å². The Hall–Kier alpha value is -2.19. The number of nitriles is 1. The van der Waals surface area contributed by atoms with Gasteiger partial charge in [-0.2, -0.15) is 5.26 Å². The molecule has 2 N–H and O–H groups in total. The Kier molecular flexibility index (Phi) is 2.58. The minimum Gasteiger partial charge on any atom is -0.364 e. The first-order chi connectivity index (χ1) is 8.79. The molecule has 1 aliphatic rings. The van der Waals surface area contributed by atoms with Crippen LogP contribution in [0, 0.1) is 11.3 Å². The normalized spacial score (nSPS) is 16.7. The number of anilines is 1. The number of pyridine rings is 1. The SMILES string of the molecule is N#Cc1c[nH]c(=O)c2c1SC(c1ccccc1)N2. The van der Waals surface area contributed by atoms with Crippen molar-refractivity contribution < 1.29 is 0 Å². The van der Waals surface area contributed by atoms with E-state index in [1.165, 1.54) is 18.0 Å². The smallest absolute Gasteiger partial charge is 0.272 e. The summed E-state index contributed by atoms with van der Waals surface area (Å²) in [6, 6.07) is 11.9. The van der Waals surface area contributed by atoms with Crippen molar-refractivity contribution in [2.24, 2.45) is 0 Å². The number of benzene rings is 1. The molecule has 1 aliphatic heterocycles. The first kappa shape index (κ1) is 10.9. The third-order valence-electron chi connectivity index (χ3n) is 2.78. The highest BCUT2D eigenvalue weighted by molar-refractivity contribution is 8.00. The molecule has 2 aromatic rings. The van der Waals surface area contributed by atoms with Crippen molar-refractivity contribution in [3.05, 3.63) is 58.0 Å². The van der Waals surface area contributed by atoms with Crippen LogP contribution in [-0.4, -0.2) is 4.98 Å². The number of nitrogens with one attached hydrogen (secondary N) is 2. The topological polar surface area (TPSA) is 68.7 Å². The van der Waals surface area contributed by atoms with Gasteiger partial charge in [0.25, 0.3) is 5.56 Å². The summed E-state index contributed by atoms with van der Waals surface area (Å²) in [5, 5.41) is 12.2. The van der Waals surface area contributed by atoms with Crippen molar-refractivity contribution >= 4 is 17.4 Å². The lowest BCUT2D eigenvalue weighted by atomic mass is 10.2. The van der Waals surface area contributed by atoms with Crippen molar-refractivity contribution in [3.8, 4) is 6.07 Å². The standard InChI is InChI=1S/C13H9N3OS/c14-6-9-7-15-12(17)10-11(9)18-13(16-10)8-4-2-1-3-5-8/h1-5,7,13,16H,(H,15,17). The zero-order valence-corrected chi connectivity index (χ0v) is 10.1. The maximum Gasteiger partial charge on any atom is 0.272 e. The summed E-state index contributed by atoms with van der Waals surface area (Å²) in [7, 11) is 0. The number of H-pyrrole nitrogens is 1. The van der Waals surface area contributed by atoms with Crippen LogP contribution in [0.25, 0.3) is 0 Å². The van der Waals surface area contributed by atoms with Gasteiger partial charge in [0.05, 0.1) is 10.5 Å². The molecule has 0 spiro atoms. The number of aromatic amines is 1. The maximum absolute atomic E-state index is 11.7. The Bertz CT molecular complexity index is 688. The summed E-state index contributed by atoms with van der Waals surface area (Å²) in [5.74, 6) is 0. The second kappa shape index (κ2) is 4.24. The lowest BCUT2D eigenvalue weighted by molar-refractivity contribution is 1.10. The third-order valence-corrected chi connectivity index (χ3v) is 4.07. The van der Waals surface area contributed by atoms with Crippen molar-refractivity contribution in [1.29, 1.82) is 5.26 Å². The van der Waals surface area contributed by atoms with E-state index in [0.717, 1.165) is 10.5 Å². The van der Waals surface area contributed by atoms with E-state index in [0.29, 0.717) is 11.3 Å². The van der Waals surface area contributed by atoms with Gasteiger partial charge >= 0.3 is 0 Å². The molecule has 88 valence electrons. The van der Waals surface area contributed by atoms with Crippen LogP contribution in [0.15, 0.2) is 46.2 Å². The fourth-order valence-corrected chi connectivity index (χ4v) is 3.11. The highest BCUT2D eigenvalue weighted by atomic mass is 32.2. The van der Waals surface area contributed by atoms with Gasteiger partial charge in [0.1, 0.15) is 17.1 Å². The molecule has 0 fully saturated rings. The van der Waals surface area contributed by atoms with Crippen LogP contribution in [0.3, 0.4) is 0 Å². The molecular weight excluding hydrogens is 246 g/mol. The number of hydrogen-bond acceptors (Lipinski definition) is 4. The molecule has 2 heterocycles. The second-order valence-electron chi connectivity index (χ2n) is 3.90. The maximum atomic E-state index is 11.7. The number of rotatable bonds is 1. The van der Waals surface area contributed by atoms with Gasteiger partial charge in [-0.05, 0) is 5.56 Å². The zero-order chi connectivity index (χ0) is 12.5. The summed E-state index contributed by atoms with van der Waals surface area (Å²) in [6.07, 6.45) is 1.46. The van der Waals surface area contributed by atoms with Crippen LogP contribution in [0.5, 0.6) is 0 Å². The minimum absolute atomic E-state index is 0.0169. The van der Waals surface area contributed by atoms with Crippen LogP contribution in [0.1, 0.15) is 16.5 Å². The predicted octanol–water partition coefficient (Wildman–Crippen LogP) is 2.46. The highest BCUT2D eigenvalue weighted by Gasteiger charge is 2.27. The first-order valence-corrected chi connectivity index (χ1v) is 6.31. The molecule has 1 aromatic carbocycles. The third kappa shape index (κ3) is 1.67. The van der Waals surface area contributed by atoms with Crippen LogP contribution in [0.4, 0.5) is 5.69 Å². The fraction of sp³-hybridized carbons (Fsp3) is 0.0769. The van der Waals surface area contributed by atoms with Crippen LogP contribution < -0.4 is 10.9 Å². The van der Waals surface area contributed by atoms with Gasteiger partial charge < -0.3 is 10.3 Å². The van der Waals surface area contributed by atoms with E-state index in [4.69, 9.17) is 5.26 Å². The number of fused-ring (bicyclic) bond motifs is 1. The van der Waals surface area contributed by atoms with Crippen molar-refractivity contribution in [3.63, 3.8) is 0 Å². The number of hydrogen-bond donors (Lipinski definition) is 2. The van der Waals surface area contributed by atoms with E-state index in [9.17, 15) is 4.79 Å². The Labute approximate surface area is 108 Å². The van der Waals surface area contributed by atoms with Gasteiger partial charge in [-0.1, -0.05) is 42.1 Å². The molecule has 4 nitrogen and oxygen atoms in total. The van der Waals surface area contributed by atoms with Gasteiger partial charge in [0.15, 0.2) is 0 Å². The summed E-state index contributed by atoms with van der Waals surface area (Å²) in [5.41, 5.74) is 1.89. The number of nitrogens with zero attached hydrogens (tertiary/aromatic N) is 1. The molecular formula is C13H9N3OS. The zero-order valence-electron chi connectivity index (χ0n) is 9.31. The largest absolute Gasteiger partial charge is 0.364 e. The van der Waals surface area contributed by atoms with E-state index in [2.05, 4.69) is 16.4 Å². The molecule has 0 radical (unpaired) electrons. The minimum atomic E-state index is -0.185.